The van der Waals surface area contributed by atoms with Crippen LogP contribution in [0.15, 0.2) is 45.6 Å². The van der Waals surface area contributed by atoms with Gasteiger partial charge in [0.25, 0.3) is 0 Å². The second-order valence-corrected chi connectivity index (χ2v) is 7.36. The Hall–Kier alpha value is -1.49. The van der Waals surface area contributed by atoms with Crippen molar-refractivity contribution in [2.75, 3.05) is 0 Å². The first-order valence-corrected chi connectivity index (χ1v) is 9.34. The Morgan fingerprint density at radius 2 is 1.26 bits per heavy atom. The number of benzene rings is 2. The summed E-state index contributed by atoms with van der Waals surface area (Å²) in [6.45, 7) is 0. The zero-order valence-electron chi connectivity index (χ0n) is 14.0. The highest BCUT2D eigenvalue weighted by atomic mass is 79.9. The van der Waals surface area contributed by atoms with Crippen LogP contribution in [0.1, 0.15) is 11.1 Å². The number of thioether (sulfide) groups is 2. The molecule has 10 heteroatoms. The molecule has 0 amide bonds. The number of halogens is 2. The molecule has 0 spiro atoms. The van der Waals surface area contributed by atoms with Gasteiger partial charge in [0.15, 0.2) is 10.3 Å². The molecule has 0 fully saturated rings. The molecule has 0 aliphatic carbocycles. The molecule has 2 aromatic carbocycles. The molecule has 0 unspecified atom stereocenters. The van der Waals surface area contributed by atoms with E-state index >= 15 is 0 Å². The van der Waals surface area contributed by atoms with Crippen LogP contribution >= 0.6 is 57.5 Å². The van der Waals surface area contributed by atoms with Crippen LogP contribution in [0.25, 0.3) is 21.9 Å². The van der Waals surface area contributed by atoms with E-state index < -0.39 is 0 Å². The minimum Gasteiger partial charge on any atom is -0.455 e. The molecule has 144 valence electrons. The SMILES string of the molecule is Br.Br.N=C(N)SCc1cccc2c(=O)c3cccc(CSC(=N)N)c3oc12. The maximum Gasteiger partial charge on any atom is 0.200 e. The Morgan fingerprint density at radius 3 is 1.63 bits per heavy atom. The van der Waals surface area contributed by atoms with Crippen LogP contribution in [0.4, 0.5) is 0 Å². The fourth-order valence-corrected chi connectivity index (χ4v) is 3.63. The maximum absolute atomic E-state index is 12.9. The summed E-state index contributed by atoms with van der Waals surface area (Å²) in [4.78, 5) is 12.9. The molecule has 0 aliphatic heterocycles. The summed E-state index contributed by atoms with van der Waals surface area (Å²) in [5.74, 6) is 0.900. The van der Waals surface area contributed by atoms with Crippen molar-refractivity contribution in [1.29, 1.82) is 10.8 Å². The lowest BCUT2D eigenvalue weighted by Gasteiger charge is -2.09. The highest BCUT2D eigenvalue weighted by Crippen LogP contribution is 2.28. The van der Waals surface area contributed by atoms with Gasteiger partial charge in [0, 0.05) is 22.6 Å². The predicted octanol–water partition coefficient (Wildman–Crippen LogP) is 4.36. The molecule has 6 N–H and O–H groups in total. The third kappa shape index (κ3) is 5.28. The van der Waals surface area contributed by atoms with Crippen LogP contribution in [0.2, 0.25) is 0 Å². The fourth-order valence-electron chi connectivity index (χ4n) is 2.55. The number of para-hydroxylation sites is 2. The van der Waals surface area contributed by atoms with E-state index in [1.54, 1.807) is 24.3 Å². The third-order valence-corrected chi connectivity index (χ3v) is 5.19. The van der Waals surface area contributed by atoms with Gasteiger partial charge >= 0.3 is 0 Å². The molecule has 0 saturated carbocycles. The fraction of sp³-hybridized carbons (Fsp3) is 0.118. The lowest BCUT2D eigenvalue weighted by atomic mass is 10.1. The van der Waals surface area contributed by atoms with Gasteiger partial charge in [-0.25, -0.2) is 0 Å². The van der Waals surface area contributed by atoms with E-state index in [2.05, 4.69) is 0 Å². The van der Waals surface area contributed by atoms with Crippen LogP contribution < -0.4 is 16.9 Å². The summed E-state index contributed by atoms with van der Waals surface area (Å²) in [5.41, 5.74) is 13.4. The topological polar surface area (TPSA) is 130 Å². The van der Waals surface area contributed by atoms with Gasteiger partial charge in [0.1, 0.15) is 11.2 Å². The summed E-state index contributed by atoms with van der Waals surface area (Å²) in [5, 5.41) is 15.8. The molecule has 0 atom stereocenters. The first kappa shape index (κ1) is 23.5. The van der Waals surface area contributed by atoms with Crippen LogP contribution in [0.3, 0.4) is 0 Å². The molecular weight excluding hydrogens is 516 g/mol. The normalized spacial score (nSPS) is 10.2. The van der Waals surface area contributed by atoms with Crippen molar-refractivity contribution in [2.45, 2.75) is 11.5 Å². The number of nitrogens with two attached hydrogens (primary N) is 2. The van der Waals surface area contributed by atoms with Crippen LogP contribution in [-0.4, -0.2) is 10.3 Å². The lowest BCUT2D eigenvalue weighted by molar-refractivity contribution is 0.653. The smallest absolute Gasteiger partial charge is 0.200 e. The third-order valence-electron chi connectivity index (χ3n) is 3.65. The number of nitrogens with one attached hydrogen (secondary N) is 2. The second-order valence-electron chi connectivity index (χ2n) is 5.32. The molecule has 27 heavy (non-hydrogen) atoms. The van der Waals surface area contributed by atoms with Crippen molar-refractivity contribution >= 4 is 89.8 Å². The van der Waals surface area contributed by atoms with Crippen molar-refractivity contribution in [3.8, 4) is 0 Å². The Bertz CT molecular complexity index is 977. The zero-order valence-corrected chi connectivity index (χ0v) is 19.0. The molecule has 1 heterocycles. The summed E-state index contributed by atoms with van der Waals surface area (Å²) in [6, 6.07) is 10.8. The standard InChI is InChI=1S/C17H16N4O2S2.2BrH/c18-16(19)24-7-9-3-1-5-11-13(22)12-6-2-4-10(8-25-17(20)21)15(12)23-14(9)11;;/h1-6H,7-8H2,(H3,18,19)(H3,20,21);2*1H. The van der Waals surface area contributed by atoms with E-state index in [0.717, 1.165) is 11.1 Å². The van der Waals surface area contributed by atoms with Crippen molar-refractivity contribution in [2.24, 2.45) is 11.5 Å². The summed E-state index contributed by atoms with van der Waals surface area (Å²) in [6.07, 6.45) is 0. The first-order valence-electron chi connectivity index (χ1n) is 7.37. The zero-order chi connectivity index (χ0) is 18.0. The summed E-state index contributed by atoms with van der Waals surface area (Å²) >= 11 is 2.36. The minimum absolute atomic E-state index is 0. The minimum atomic E-state index is -0.0967. The Kier molecular flexibility index (Phi) is 8.86. The van der Waals surface area contributed by atoms with Crippen LogP contribution in [0.5, 0.6) is 0 Å². The first-order chi connectivity index (χ1) is 12.0. The average Bonchev–Trinajstić information content (AvgIpc) is 2.58. The average molecular weight is 534 g/mol. The van der Waals surface area contributed by atoms with Crippen molar-refractivity contribution in [3.05, 3.63) is 57.7 Å². The van der Waals surface area contributed by atoms with E-state index in [4.69, 9.17) is 26.7 Å². The van der Waals surface area contributed by atoms with Gasteiger partial charge in [-0.1, -0.05) is 47.8 Å². The van der Waals surface area contributed by atoms with E-state index in [0.29, 0.717) is 33.4 Å². The summed E-state index contributed by atoms with van der Waals surface area (Å²) < 4.78 is 6.10. The molecule has 1 aromatic heterocycles. The van der Waals surface area contributed by atoms with Gasteiger partial charge in [0.05, 0.1) is 10.8 Å². The van der Waals surface area contributed by atoms with Crippen LogP contribution in [-0.2, 0) is 11.5 Å². The highest BCUT2D eigenvalue weighted by Gasteiger charge is 2.14. The predicted molar refractivity (Wildman–Crippen MR) is 127 cm³/mol. The van der Waals surface area contributed by atoms with Crippen LogP contribution in [0, 0.1) is 10.8 Å². The van der Waals surface area contributed by atoms with Gasteiger partial charge in [-0.15, -0.1) is 34.0 Å². The monoisotopic (exact) mass is 532 g/mol. The van der Waals surface area contributed by atoms with Gasteiger partial charge in [-0.3, -0.25) is 15.6 Å². The molecular formula is C17H18Br2N4O2S2. The molecule has 0 radical (unpaired) electrons. The number of rotatable bonds is 4. The van der Waals surface area contributed by atoms with E-state index in [1.807, 2.05) is 12.1 Å². The van der Waals surface area contributed by atoms with E-state index in [1.165, 1.54) is 23.5 Å². The molecule has 6 nitrogen and oxygen atoms in total. The van der Waals surface area contributed by atoms with Gasteiger partial charge in [-0.2, -0.15) is 0 Å². The van der Waals surface area contributed by atoms with Crippen molar-refractivity contribution < 1.29 is 4.42 Å². The Labute approximate surface area is 185 Å². The van der Waals surface area contributed by atoms with Gasteiger partial charge in [0.2, 0.25) is 5.43 Å². The molecule has 0 saturated heterocycles. The highest BCUT2D eigenvalue weighted by molar-refractivity contribution is 8.93. The van der Waals surface area contributed by atoms with E-state index in [9.17, 15) is 4.79 Å². The van der Waals surface area contributed by atoms with Crippen molar-refractivity contribution in [3.63, 3.8) is 0 Å². The molecule has 3 rings (SSSR count). The van der Waals surface area contributed by atoms with Gasteiger partial charge < -0.3 is 15.9 Å². The maximum atomic E-state index is 12.9. The number of hydrogen-bond acceptors (Lipinski definition) is 6. The Morgan fingerprint density at radius 1 is 0.852 bits per heavy atom. The van der Waals surface area contributed by atoms with Crippen molar-refractivity contribution in [1.82, 2.24) is 0 Å². The largest absolute Gasteiger partial charge is 0.455 e. The number of fused-ring (bicyclic) bond motifs is 2. The number of amidine groups is 2. The molecule has 3 aromatic rings. The molecule has 0 bridgehead atoms. The summed E-state index contributed by atoms with van der Waals surface area (Å²) in [7, 11) is 0. The number of hydrogen-bond donors (Lipinski definition) is 4. The quantitative estimate of drug-likeness (QED) is 0.224. The second kappa shape index (κ2) is 10.2. The Balaban J connectivity index is 0.00000182. The molecule has 0 aliphatic rings. The van der Waals surface area contributed by atoms with E-state index in [-0.39, 0.29) is 49.7 Å². The van der Waals surface area contributed by atoms with Gasteiger partial charge in [-0.05, 0) is 12.1 Å². The lowest BCUT2D eigenvalue weighted by Crippen LogP contribution is -2.07.